The highest BCUT2D eigenvalue weighted by atomic mass is 16.3. The second-order valence-corrected chi connectivity index (χ2v) is 6.32. The van der Waals surface area contributed by atoms with Crippen LogP contribution in [0.2, 0.25) is 0 Å². The summed E-state index contributed by atoms with van der Waals surface area (Å²) < 4.78 is 0. The average Bonchev–Trinajstić information content (AvgIpc) is 2.54. The van der Waals surface area contributed by atoms with Gasteiger partial charge in [-0.2, -0.15) is 0 Å². The van der Waals surface area contributed by atoms with E-state index in [0.29, 0.717) is 12.0 Å². The molecule has 0 saturated heterocycles. The molecule has 0 radical (unpaired) electrons. The third-order valence-electron chi connectivity index (χ3n) is 3.82. The fourth-order valence-electron chi connectivity index (χ4n) is 2.34. The van der Waals surface area contributed by atoms with Gasteiger partial charge >= 0.3 is 0 Å². The summed E-state index contributed by atoms with van der Waals surface area (Å²) in [5, 5.41) is 19.2. The molecule has 0 heterocycles. The van der Waals surface area contributed by atoms with E-state index in [2.05, 4.69) is 19.9 Å². The van der Waals surface area contributed by atoms with E-state index < -0.39 is 0 Å². The van der Waals surface area contributed by atoms with Gasteiger partial charge in [0.1, 0.15) is 17.8 Å². The van der Waals surface area contributed by atoms with Gasteiger partial charge in [0.2, 0.25) is 0 Å². The molecule has 0 spiro atoms. The zero-order valence-electron chi connectivity index (χ0n) is 14.9. The van der Waals surface area contributed by atoms with Crippen LogP contribution in [0.25, 0.3) is 0 Å². The van der Waals surface area contributed by atoms with E-state index >= 15 is 0 Å². The Hall–Kier alpha value is -2.29. The number of phenolic OH excluding ortho intramolecular Hbond substituents is 2. The SMILES string of the molecule is CC(C)=CCCC(C=O)=CCCC(C)=CCc1cc(O)ccc1O. The first-order chi connectivity index (χ1) is 11.4. The van der Waals surface area contributed by atoms with E-state index in [-0.39, 0.29) is 11.5 Å². The van der Waals surface area contributed by atoms with Gasteiger partial charge in [-0.05, 0) is 76.6 Å². The molecule has 0 aliphatic rings. The summed E-state index contributed by atoms with van der Waals surface area (Å²) in [6.07, 6.45) is 11.1. The van der Waals surface area contributed by atoms with Gasteiger partial charge in [-0.3, -0.25) is 4.79 Å². The lowest BCUT2D eigenvalue weighted by molar-refractivity contribution is -0.105. The van der Waals surface area contributed by atoms with Crippen LogP contribution in [0.15, 0.2) is 53.1 Å². The molecule has 0 aromatic heterocycles. The van der Waals surface area contributed by atoms with E-state index in [1.165, 1.54) is 23.3 Å². The fraction of sp³-hybridized carbons (Fsp3) is 0.381. The number of phenols is 2. The van der Waals surface area contributed by atoms with E-state index in [1.807, 2.05) is 19.1 Å². The maximum atomic E-state index is 11.1. The fourth-order valence-corrected chi connectivity index (χ4v) is 2.34. The Balaban J connectivity index is 2.50. The van der Waals surface area contributed by atoms with Gasteiger partial charge in [0.15, 0.2) is 0 Å². The number of benzene rings is 1. The number of carbonyl (C=O) groups is 1. The van der Waals surface area contributed by atoms with Crippen molar-refractivity contribution in [3.63, 3.8) is 0 Å². The van der Waals surface area contributed by atoms with Crippen LogP contribution in [0.4, 0.5) is 0 Å². The standard InChI is InChI=1S/C21H28O3/c1-16(2)6-4-8-18(15-22)9-5-7-17(3)10-11-19-14-20(23)12-13-21(19)24/h6,9-10,12-15,23-24H,4-5,7-8,11H2,1-3H3. The van der Waals surface area contributed by atoms with Crippen molar-refractivity contribution in [1.29, 1.82) is 0 Å². The lowest BCUT2D eigenvalue weighted by Crippen LogP contribution is -1.87. The number of allylic oxidation sites excluding steroid dienone is 6. The molecule has 0 fully saturated rings. The molecule has 0 aliphatic heterocycles. The minimum absolute atomic E-state index is 0.156. The first-order valence-corrected chi connectivity index (χ1v) is 8.36. The van der Waals surface area contributed by atoms with E-state index in [4.69, 9.17) is 0 Å². The monoisotopic (exact) mass is 328 g/mol. The van der Waals surface area contributed by atoms with Crippen molar-refractivity contribution < 1.29 is 15.0 Å². The highest BCUT2D eigenvalue weighted by Crippen LogP contribution is 2.23. The zero-order chi connectivity index (χ0) is 17.9. The van der Waals surface area contributed by atoms with E-state index in [0.717, 1.165) is 37.5 Å². The second-order valence-electron chi connectivity index (χ2n) is 6.32. The molecule has 3 nitrogen and oxygen atoms in total. The molecule has 24 heavy (non-hydrogen) atoms. The molecule has 0 atom stereocenters. The van der Waals surface area contributed by atoms with Gasteiger partial charge < -0.3 is 10.2 Å². The molecule has 130 valence electrons. The van der Waals surface area contributed by atoms with Crippen molar-refractivity contribution in [2.45, 2.75) is 52.9 Å². The van der Waals surface area contributed by atoms with Crippen molar-refractivity contribution in [1.82, 2.24) is 0 Å². The van der Waals surface area contributed by atoms with Gasteiger partial charge in [0.25, 0.3) is 0 Å². The quantitative estimate of drug-likeness (QED) is 0.282. The minimum Gasteiger partial charge on any atom is -0.508 e. The first-order valence-electron chi connectivity index (χ1n) is 8.36. The summed E-state index contributed by atoms with van der Waals surface area (Å²) in [6.45, 7) is 6.16. The van der Waals surface area contributed by atoms with Crippen molar-refractivity contribution in [2.75, 3.05) is 0 Å². The summed E-state index contributed by atoms with van der Waals surface area (Å²) in [5.74, 6) is 0.350. The molecule has 1 aromatic carbocycles. The molecule has 3 heteroatoms. The molecule has 1 aromatic rings. The van der Waals surface area contributed by atoms with Crippen LogP contribution < -0.4 is 0 Å². The van der Waals surface area contributed by atoms with Crippen LogP contribution in [-0.4, -0.2) is 16.5 Å². The Bertz CT molecular complexity index is 632. The molecule has 1 rings (SSSR count). The maximum absolute atomic E-state index is 11.1. The van der Waals surface area contributed by atoms with Gasteiger partial charge in [-0.1, -0.05) is 29.4 Å². The molecule has 0 saturated carbocycles. The van der Waals surface area contributed by atoms with Crippen LogP contribution in [0.5, 0.6) is 11.5 Å². The van der Waals surface area contributed by atoms with Gasteiger partial charge in [-0.25, -0.2) is 0 Å². The van der Waals surface area contributed by atoms with Crippen molar-refractivity contribution in [3.8, 4) is 11.5 Å². The normalized spacial score (nSPS) is 12.1. The summed E-state index contributed by atoms with van der Waals surface area (Å²) >= 11 is 0. The average molecular weight is 328 g/mol. The maximum Gasteiger partial charge on any atom is 0.145 e. The number of aldehydes is 1. The van der Waals surface area contributed by atoms with Crippen LogP contribution >= 0.6 is 0 Å². The smallest absolute Gasteiger partial charge is 0.145 e. The zero-order valence-corrected chi connectivity index (χ0v) is 14.9. The molecule has 0 aliphatic carbocycles. The Kier molecular flexibility index (Phi) is 8.63. The molecular formula is C21H28O3. The largest absolute Gasteiger partial charge is 0.508 e. The molecule has 0 bridgehead atoms. The van der Waals surface area contributed by atoms with Crippen LogP contribution in [0.1, 0.15) is 52.0 Å². The van der Waals surface area contributed by atoms with Crippen molar-refractivity contribution >= 4 is 6.29 Å². The highest BCUT2D eigenvalue weighted by molar-refractivity contribution is 5.73. The first kappa shape index (κ1) is 19.8. The lowest BCUT2D eigenvalue weighted by atomic mass is 10.0. The van der Waals surface area contributed by atoms with Gasteiger partial charge in [0.05, 0.1) is 0 Å². The third-order valence-corrected chi connectivity index (χ3v) is 3.82. The number of aromatic hydroxyl groups is 2. The number of carbonyl (C=O) groups excluding carboxylic acids is 1. The molecule has 0 unspecified atom stereocenters. The Labute approximate surface area is 145 Å². The topological polar surface area (TPSA) is 57.5 Å². The van der Waals surface area contributed by atoms with E-state index in [1.54, 1.807) is 6.07 Å². The van der Waals surface area contributed by atoms with Crippen LogP contribution in [0.3, 0.4) is 0 Å². The van der Waals surface area contributed by atoms with Gasteiger partial charge in [0, 0.05) is 5.56 Å². The Morgan fingerprint density at radius 2 is 1.71 bits per heavy atom. The number of rotatable bonds is 9. The predicted octanol–water partition coefficient (Wildman–Crippen LogP) is 5.24. The van der Waals surface area contributed by atoms with Crippen molar-refractivity contribution in [3.05, 3.63) is 58.7 Å². The van der Waals surface area contributed by atoms with Crippen LogP contribution in [0, 0.1) is 0 Å². The summed E-state index contributed by atoms with van der Waals surface area (Å²) in [7, 11) is 0. The second kappa shape index (κ2) is 10.5. The van der Waals surface area contributed by atoms with Gasteiger partial charge in [-0.15, -0.1) is 0 Å². The predicted molar refractivity (Wildman–Crippen MR) is 99.3 cm³/mol. The number of hydrogen-bond donors (Lipinski definition) is 2. The van der Waals surface area contributed by atoms with Crippen LogP contribution in [-0.2, 0) is 11.2 Å². The Morgan fingerprint density at radius 1 is 1.00 bits per heavy atom. The molecular weight excluding hydrogens is 300 g/mol. The summed E-state index contributed by atoms with van der Waals surface area (Å²) in [4.78, 5) is 11.1. The lowest BCUT2D eigenvalue weighted by Gasteiger charge is -2.04. The summed E-state index contributed by atoms with van der Waals surface area (Å²) in [6, 6.07) is 4.54. The molecule has 0 amide bonds. The number of hydrogen-bond acceptors (Lipinski definition) is 3. The summed E-state index contributed by atoms with van der Waals surface area (Å²) in [5.41, 5.74) is 4.03. The highest BCUT2D eigenvalue weighted by Gasteiger charge is 2.01. The third kappa shape index (κ3) is 7.82. The Morgan fingerprint density at radius 3 is 2.38 bits per heavy atom. The van der Waals surface area contributed by atoms with Crippen molar-refractivity contribution in [2.24, 2.45) is 0 Å². The van der Waals surface area contributed by atoms with E-state index in [9.17, 15) is 15.0 Å². The molecule has 2 N–H and O–H groups in total. The minimum atomic E-state index is 0.156.